The van der Waals surface area contributed by atoms with Crippen LogP contribution in [0.3, 0.4) is 0 Å². The molecule has 8 heteroatoms. The Labute approximate surface area is 161 Å². The monoisotopic (exact) mass is 382 g/mol. The standard InChI is InChI=1S/C20H18N2O6/c1-27-16-5-3-2-4-15(16)21-17(23)12-28-20(26)13-6-8-14(9-7-13)22-18(24)10-11-19(22)25/h2-9H,10-12H2,1H3,(H,21,23). The predicted molar refractivity (Wildman–Crippen MR) is 100 cm³/mol. The highest BCUT2D eigenvalue weighted by Gasteiger charge is 2.30. The highest BCUT2D eigenvalue weighted by Crippen LogP contribution is 2.24. The van der Waals surface area contributed by atoms with Crippen LogP contribution in [-0.4, -0.2) is 37.4 Å². The second-order valence-corrected chi connectivity index (χ2v) is 5.99. The summed E-state index contributed by atoms with van der Waals surface area (Å²) in [5.41, 5.74) is 1.07. The number of carbonyl (C=O) groups is 4. The number of rotatable bonds is 6. The number of nitrogens with zero attached hydrogens (tertiary/aromatic N) is 1. The summed E-state index contributed by atoms with van der Waals surface area (Å²) in [6, 6.07) is 12.7. The number of hydrogen-bond acceptors (Lipinski definition) is 6. The van der Waals surface area contributed by atoms with Gasteiger partial charge in [0, 0.05) is 12.8 Å². The third-order valence-corrected chi connectivity index (χ3v) is 4.13. The van der Waals surface area contributed by atoms with Crippen molar-refractivity contribution in [1.29, 1.82) is 0 Å². The summed E-state index contributed by atoms with van der Waals surface area (Å²) in [5.74, 6) is -1.26. The molecule has 0 aromatic heterocycles. The number of amides is 3. The van der Waals surface area contributed by atoms with Crippen LogP contribution >= 0.6 is 0 Å². The molecule has 144 valence electrons. The summed E-state index contributed by atoms with van der Waals surface area (Å²) in [4.78, 5) is 48.7. The number of para-hydroxylation sites is 2. The molecule has 0 aliphatic carbocycles. The molecule has 0 radical (unpaired) electrons. The summed E-state index contributed by atoms with van der Waals surface area (Å²) in [7, 11) is 1.48. The van der Waals surface area contributed by atoms with Crippen LogP contribution < -0.4 is 15.0 Å². The number of imide groups is 1. The van der Waals surface area contributed by atoms with Crippen LogP contribution in [0.25, 0.3) is 0 Å². The summed E-state index contributed by atoms with van der Waals surface area (Å²) in [6.07, 6.45) is 0.369. The molecule has 0 bridgehead atoms. The number of methoxy groups -OCH3 is 1. The molecule has 1 heterocycles. The van der Waals surface area contributed by atoms with Crippen molar-refractivity contribution in [3.63, 3.8) is 0 Å². The van der Waals surface area contributed by atoms with Gasteiger partial charge in [-0.3, -0.25) is 19.3 Å². The first-order valence-corrected chi connectivity index (χ1v) is 8.55. The molecule has 1 saturated heterocycles. The molecule has 28 heavy (non-hydrogen) atoms. The first kappa shape index (κ1) is 19.1. The molecule has 1 fully saturated rings. The minimum Gasteiger partial charge on any atom is -0.495 e. The molecule has 0 unspecified atom stereocenters. The maximum atomic E-state index is 12.1. The number of hydrogen-bond donors (Lipinski definition) is 1. The fraction of sp³-hybridized carbons (Fsp3) is 0.200. The molecule has 0 atom stereocenters. The van der Waals surface area contributed by atoms with Gasteiger partial charge in [-0.25, -0.2) is 4.79 Å². The number of carbonyl (C=O) groups excluding carboxylic acids is 4. The highest BCUT2D eigenvalue weighted by atomic mass is 16.5. The van der Waals surface area contributed by atoms with Gasteiger partial charge in [-0.05, 0) is 36.4 Å². The minimum atomic E-state index is -0.694. The number of ether oxygens (including phenoxy) is 2. The number of nitrogens with one attached hydrogen (secondary N) is 1. The molecule has 2 aromatic carbocycles. The van der Waals surface area contributed by atoms with E-state index in [1.807, 2.05) is 0 Å². The van der Waals surface area contributed by atoms with Gasteiger partial charge in [-0.2, -0.15) is 0 Å². The van der Waals surface area contributed by atoms with E-state index in [4.69, 9.17) is 9.47 Å². The molecule has 1 N–H and O–H groups in total. The average Bonchev–Trinajstić information content (AvgIpc) is 3.05. The Balaban J connectivity index is 1.57. The lowest BCUT2D eigenvalue weighted by atomic mass is 10.2. The summed E-state index contributed by atoms with van der Waals surface area (Å²) < 4.78 is 10.1. The van der Waals surface area contributed by atoms with Crippen molar-refractivity contribution in [2.75, 3.05) is 23.9 Å². The van der Waals surface area contributed by atoms with Crippen molar-refractivity contribution in [1.82, 2.24) is 0 Å². The third-order valence-electron chi connectivity index (χ3n) is 4.13. The van der Waals surface area contributed by atoms with E-state index >= 15 is 0 Å². The lowest BCUT2D eigenvalue weighted by Gasteiger charge is -2.14. The lowest BCUT2D eigenvalue weighted by Crippen LogP contribution is -2.28. The summed E-state index contributed by atoms with van der Waals surface area (Å²) in [5, 5.41) is 2.60. The molecular formula is C20H18N2O6. The van der Waals surface area contributed by atoms with Gasteiger partial charge in [0.15, 0.2) is 6.61 Å². The summed E-state index contributed by atoms with van der Waals surface area (Å²) >= 11 is 0. The van der Waals surface area contributed by atoms with E-state index in [-0.39, 0.29) is 30.2 Å². The Hall–Kier alpha value is -3.68. The molecule has 2 aromatic rings. The van der Waals surface area contributed by atoms with Gasteiger partial charge in [0.25, 0.3) is 5.91 Å². The molecule has 3 rings (SSSR count). The van der Waals surface area contributed by atoms with Crippen LogP contribution in [0.15, 0.2) is 48.5 Å². The van der Waals surface area contributed by atoms with Gasteiger partial charge < -0.3 is 14.8 Å². The SMILES string of the molecule is COc1ccccc1NC(=O)COC(=O)c1ccc(N2C(=O)CCC2=O)cc1. The highest BCUT2D eigenvalue weighted by molar-refractivity contribution is 6.19. The van der Waals surface area contributed by atoms with E-state index in [1.54, 1.807) is 24.3 Å². The molecule has 8 nitrogen and oxygen atoms in total. The van der Waals surface area contributed by atoms with Crippen molar-refractivity contribution in [2.24, 2.45) is 0 Å². The normalized spacial score (nSPS) is 13.4. The van der Waals surface area contributed by atoms with E-state index < -0.39 is 18.5 Å². The van der Waals surface area contributed by atoms with Crippen LogP contribution in [0.1, 0.15) is 23.2 Å². The van der Waals surface area contributed by atoms with Crippen LogP contribution in [0.4, 0.5) is 11.4 Å². The Morgan fingerprint density at radius 2 is 1.64 bits per heavy atom. The van der Waals surface area contributed by atoms with Crippen LogP contribution in [0.5, 0.6) is 5.75 Å². The minimum absolute atomic E-state index is 0.184. The number of esters is 1. The van der Waals surface area contributed by atoms with E-state index in [9.17, 15) is 19.2 Å². The van der Waals surface area contributed by atoms with E-state index in [0.717, 1.165) is 4.90 Å². The third kappa shape index (κ3) is 4.17. The smallest absolute Gasteiger partial charge is 0.338 e. The van der Waals surface area contributed by atoms with Crippen LogP contribution in [0, 0.1) is 0 Å². The quantitative estimate of drug-likeness (QED) is 0.607. The molecule has 3 amide bonds. The summed E-state index contributed by atoms with van der Waals surface area (Å²) in [6.45, 7) is -0.471. The largest absolute Gasteiger partial charge is 0.495 e. The number of anilines is 2. The van der Waals surface area contributed by atoms with Gasteiger partial charge in [0.05, 0.1) is 24.0 Å². The van der Waals surface area contributed by atoms with Crippen molar-refractivity contribution < 1.29 is 28.7 Å². The van der Waals surface area contributed by atoms with Gasteiger partial charge in [0.1, 0.15) is 5.75 Å². The Bertz CT molecular complexity index is 907. The van der Waals surface area contributed by atoms with E-state index in [2.05, 4.69) is 5.32 Å². The zero-order valence-corrected chi connectivity index (χ0v) is 15.1. The second-order valence-electron chi connectivity index (χ2n) is 5.99. The van der Waals surface area contributed by atoms with Gasteiger partial charge in [-0.15, -0.1) is 0 Å². The second kappa shape index (κ2) is 8.34. The molecular weight excluding hydrogens is 364 g/mol. The predicted octanol–water partition coefficient (Wildman–Crippen LogP) is 2.14. The van der Waals surface area contributed by atoms with Crippen LogP contribution in [-0.2, 0) is 19.1 Å². The molecule has 1 aliphatic rings. The molecule has 0 spiro atoms. The Morgan fingerprint density at radius 1 is 1.00 bits per heavy atom. The van der Waals surface area contributed by atoms with Crippen LogP contribution in [0.2, 0.25) is 0 Å². The maximum absolute atomic E-state index is 12.1. The fourth-order valence-corrected chi connectivity index (χ4v) is 2.76. The van der Waals surface area contributed by atoms with E-state index in [1.165, 1.54) is 31.4 Å². The first-order chi connectivity index (χ1) is 13.5. The van der Waals surface area contributed by atoms with Gasteiger partial charge >= 0.3 is 5.97 Å². The fourth-order valence-electron chi connectivity index (χ4n) is 2.76. The lowest BCUT2D eigenvalue weighted by molar-refractivity contribution is -0.121. The average molecular weight is 382 g/mol. The van der Waals surface area contributed by atoms with Crippen molar-refractivity contribution in [3.05, 3.63) is 54.1 Å². The number of benzene rings is 2. The molecule has 1 aliphatic heterocycles. The first-order valence-electron chi connectivity index (χ1n) is 8.55. The topological polar surface area (TPSA) is 102 Å². The zero-order chi connectivity index (χ0) is 20.1. The van der Waals surface area contributed by atoms with Crippen molar-refractivity contribution in [2.45, 2.75) is 12.8 Å². The van der Waals surface area contributed by atoms with E-state index in [0.29, 0.717) is 17.1 Å². The van der Waals surface area contributed by atoms with Gasteiger partial charge in [0.2, 0.25) is 11.8 Å². The van der Waals surface area contributed by atoms with Gasteiger partial charge in [-0.1, -0.05) is 12.1 Å². The Kier molecular flexibility index (Phi) is 5.69. The zero-order valence-electron chi connectivity index (χ0n) is 15.1. The Morgan fingerprint density at radius 3 is 2.29 bits per heavy atom. The maximum Gasteiger partial charge on any atom is 0.338 e. The van der Waals surface area contributed by atoms with Crippen molar-refractivity contribution >= 4 is 35.1 Å². The van der Waals surface area contributed by atoms with Crippen molar-refractivity contribution in [3.8, 4) is 5.75 Å². The molecule has 0 saturated carbocycles.